The number of rotatable bonds is 2. The molecule has 0 unspecified atom stereocenters. The third-order valence-corrected chi connectivity index (χ3v) is 4.49. The Hall–Kier alpha value is -1.72. The van der Waals surface area contributed by atoms with Gasteiger partial charge < -0.3 is 5.32 Å². The maximum absolute atomic E-state index is 13.2. The van der Waals surface area contributed by atoms with Crippen LogP contribution in [0.25, 0.3) is 21.3 Å². The number of halogens is 2. The van der Waals surface area contributed by atoms with Gasteiger partial charge in [0.25, 0.3) is 0 Å². The van der Waals surface area contributed by atoms with E-state index in [0.29, 0.717) is 5.82 Å². The van der Waals surface area contributed by atoms with Crippen LogP contribution in [-0.4, -0.2) is 15.5 Å². The standard InChI is InChI=1S/C17H17ClFN3S/c1-9-12(10-5-7-11(19)8-6-10)13-14(22-17(2,3)4)20-16(18)21-15(13)23-9/h5-8H,1-4H3,(H,20,21,22). The Labute approximate surface area is 143 Å². The fraction of sp³-hybridized carbons (Fsp3) is 0.294. The summed E-state index contributed by atoms with van der Waals surface area (Å²) in [6.45, 7) is 8.21. The van der Waals surface area contributed by atoms with Crippen LogP contribution in [0.4, 0.5) is 10.2 Å². The predicted octanol–water partition coefficient (Wildman–Crippen LogP) is 5.67. The van der Waals surface area contributed by atoms with Crippen molar-refractivity contribution in [3.8, 4) is 11.1 Å². The fourth-order valence-electron chi connectivity index (χ4n) is 2.50. The summed E-state index contributed by atoms with van der Waals surface area (Å²) in [6.07, 6.45) is 0. The number of nitrogens with one attached hydrogen (secondary N) is 1. The summed E-state index contributed by atoms with van der Waals surface area (Å²) in [5.41, 5.74) is 1.80. The van der Waals surface area contributed by atoms with E-state index in [1.54, 1.807) is 23.5 Å². The molecule has 0 spiro atoms. The summed E-state index contributed by atoms with van der Waals surface area (Å²) in [7, 11) is 0. The highest BCUT2D eigenvalue weighted by Crippen LogP contribution is 2.41. The van der Waals surface area contributed by atoms with E-state index in [1.165, 1.54) is 12.1 Å². The highest BCUT2D eigenvalue weighted by atomic mass is 35.5. The van der Waals surface area contributed by atoms with E-state index < -0.39 is 0 Å². The molecule has 6 heteroatoms. The van der Waals surface area contributed by atoms with E-state index in [-0.39, 0.29) is 16.6 Å². The minimum atomic E-state index is -0.252. The lowest BCUT2D eigenvalue weighted by Gasteiger charge is -2.22. The summed E-state index contributed by atoms with van der Waals surface area (Å²) >= 11 is 7.64. The highest BCUT2D eigenvalue weighted by Gasteiger charge is 2.21. The number of nitrogens with zero attached hydrogens (tertiary/aromatic N) is 2. The molecular formula is C17H17ClFN3S. The summed E-state index contributed by atoms with van der Waals surface area (Å²) in [5, 5.41) is 4.54. The molecule has 0 fully saturated rings. The summed E-state index contributed by atoms with van der Waals surface area (Å²) < 4.78 is 13.2. The van der Waals surface area contributed by atoms with E-state index in [2.05, 4.69) is 36.1 Å². The molecule has 3 nitrogen and oxygen atoms in total. The number of aromatic nitrogens is 2. The third kappa shape index (κ3) is 3.31. The molecular weight excluding hydrogens is 333 g/mol. The van der Waals surface area contributed by atoms with Crippen LogP contribution in [0.15, 0.2) is 24.3 Å². The van der Waals surface area contributed by atoms with Gasteiger partial charge in [0.15, 0.2) is 0 Å². The van der Waals surface area contributed by atoms with Crippen molar-refractivity contribution in [2.75, 3.05) is 5.32 Å². The first kappa shape index (κ1) is 16.1. The average Bonchev–Trinajstić information content (AvgIpc) is 2.74. The van der Waals surface area contributed by atoms with Crippen molar-refractivity contribution in [2.24, 2.45) is 0 Å². The Balaban J connectivity index is 2.29. The summed E-state index contributed by atoms with van der Waals surface area (Å²) in [4.78, 5) is 10.7. The summed E-state index contributed by atoms with van der Waals surface area (Å²) in [6, 6.07) is 6.48. The van der Waals surface area contributed by atoms with E-state index >= 15 is 0 Å². The van der Waals surface area contributed by atoms with Gasteiger partial charge in [0.05, 0.1) is 5.39 Å². The second-order valence-corrected chi connectivity index (χ2v) is 7.98. The van der Waals surface area contributed by atoms with Crippen molar-refractivity contribution in [3.63, 3.8) is 0 Å². The number of fused-ring (bicyclic) bond motifs is 1. The van der Waals surface area contributed by atoms with Gasteiger partial charge in [-0.25, -0.2) is 14.4 Å². The fourth-order valence-corrected chi connectivity index (χ4v) is 3.76. The van der Waals surface area contributed by atoms with E-state index in [4.69, 9.17) is 11.6 Å². The Morgan fingerprint density at radius 1 is 1.13 bits per heavy atom. The SMILES string of the molecule is Cc1sc2nc(Cl)nc(NC(C)(C)C)c2c1-c1ccc(F)cc1. The molecule has 0 aliphatic rings. The third-order valence-electron chi connectivity index (χ3n) is 3.33. The number of aryl methyl sites for hydroxylation is 1. The molecule has 0 saturated heterocycles. The second kappa shape index (κ2) is 5.73. The maximum Gasteiger partial charge on any atom is 0.225 e. The molecule has 1 aromatic carbocycles. The van der Waals surface area contributed by atoms with Gasteiger partial charge in [-0.05, 0) is 57.0 Å². The van der Waals surface area contributed by atoms with Crippen molar-refractivity contribution in [3.05, 3.63) is 40.2 Å². The lowest BCUT2D eigenvalue weighted by atomic mass is 10.0. The van der Waals surface area contributed by atoms with Gasteiger partial charge in [-0.1, -0.05) is 12.1 Å². The number of hydrogen-bond donors (Lipinski definition) is 1. The van der Waals surface area contributed by atoms with Crippen LogP contribution in [0.5, 0.6) is 0 Å². The number of thiophene rings is 1. The molecule has 2 heterocycles. The van der Waals surface area contributed by atoms with Gasteiger partial charge >= 0.3 is 0 Å². The smallest absolute Gasteiger partial charge is 0.225 e. The van der Waals surface area contributed by atoms with Gasteiger partial charge in [-0.15, -0.1) is 11.3 Å². The highest BCUT2D eigenvalue weighted by molar-refractivity contribution is 7.19. The zero-order valence-corrected chi connectivity index (χ0v) is 14.9. The van der Waals surface area contributed by atoms with Crippen molar-refractivity contribution in [2.45, 2.75) is 33.2 Å². The first-order valence-electron chi connectivity index (χ1n) is 7.25. The molecule has 0 aliphatic carbocycles. The molecule has 0 bridgehead atoms. The monoisotopic (exact) mass is 349 g/mol. The molecule has 0 atom stereocenters. The van der Waals surface area contributed by atoms with Gasteiger partial charge in [0.2, 0.25) is 5.28 Å². The van der Waals surface area contributed by atoms with Gasteiger partial charge in [0.1, 0.15) is 16.5 Å². The van der Waals surface area contributed by atoms with E-state index in [0.717, 1.165) is 26.2 Å². The molecule has 23 heavy (non-hydrogen) atoms. The van der Waals surface area contributed by atoms with Gasteiger partial charge in [0, 0.05) is 16.0 Å². The minimum absolute atomic E-state index is 0.166. The Bertz CT molecular complexity index is 866. The van der Waals surface area contributed by atoms with Crippen molar-refractivity contribution >= 4 is 39.0 Å². The van der Waals surface area contributed by atoms with Crippen LogP contribution in [0, 0.1) is 12.7 Å². The van der Waals surface area contributed by atoms with Gasteiger partial charge in [-0.2, -0.15) is 0 Å². The molecule has 3 aromatic rings. The van der Waals surface area contributed by atoms with Crippen LogP contribution < -0.4 is 5.32 Å². The van der Waals surface area contributed by atoms with Crippen LogP contribution >= 0.6 is 22.9 Å². The van der Waals surface area contributed by atoms with Gasteiger partial charge in [-0.3, -0.25) is 0 Å². The zero-order valence-electron chi connectivity index (χ0n) is 13.4. The minimum Gasteiger partial charge on any atom is -0.365 e. The average molecular weight is 350 g/mol. The zero-order chi connectivity index (χ0) is 16.8. The molecule has 0 radical (unpaired) electrons. The first-order valence-corrected chi connectivity index (χ1v) is 8.45. The van der Waals surface area contributed by atoms with Crippen LogP contribution in [-0.2, 0) is 0 Å². The van der Waals surface area contributed by atoms with Crippen molar-refractivity contribution in [1.82, 2.24) is 9.97 Å². The number of benzene rings is 1. The Kier molecular flexibility index (Phi) is 4.02. The molecule has 0 aliphatic heterocycles. The Morgan fingerprint density at radius 2 is 1.78 bits per heavy atom. The van der Waals surface area contributed by atoms with E-state index in [9.17, 15) is 4.39 Å². The molecule has 1 N–H and O–H groups in total. The summed E-state index contributed by atoms with van der Waals surface area (Å²) in [5.74, 6) is 0.453. The number of hydrogen-bond acceptors (Lipinski definition) is 4. The second-order valence-electron chi connectivity index (χ2n) is 6.44. The van der Waals surface area contributed by atoms with Crippen LogP contribution in [0.3, 0.4) is 0 Å². The molecule has 0 saturated carbocycles. The van der Waals surface area contributed by atoms with Crippen LogP contribution in [0.2, 0.25) is 5.28 Å². The molecule has 2 aromatic heterocycles. The molecule has 0 amide bonds. The topological polar surface area (TPSA) is 37.8 Å². The largest absolute Gasteiger partial charge is 0.365 e. The van der Waals surface area contributed by atoms with Crippen molar-refractivity contribution < 1.29 is 4.39 Å². The van der Waals surface area contributed by atoms with Crippen molar-refractivity contribution in [1.29, 1.82) is 0 Å². The first-order chi connectivity index (χ1) is 10.7. The lowest BCUT2D eigenvalue weighted by Crippen LogP contribution is -2.26. The normalized spacial score (nSPS) is 11.9. The predicted molar refractivity (Wildman–Crippen MR) is 95.9 cm³/mol. The lowest BCUT2D eigenvalue weighted by molar-refractivity contribution is 0.628. The Morgan fingerprint density at radius 3 is 2.39 bits per heavy atom. The quantitative estimate of drug-likeness (QED) is 0.606. The molecule has 3 rings (SSSR count). The maximum atomic E-state index is 13.2. The van der Waals surface area contributed by atoms with E-state index in [1.807, 2.05) is 6.92 Å². The molecule has 120 valence electrons. The number of anilines is 1. The van der Waals surface area contributed by atoms with Crippen LogP contribution in [0.1, 0.15) is 25.6 Å².